The van der Waals surface area contributed by atoms with E-state index in [0.717, 1.165) is 5.69 Å². The Kier molecular flexibility index (Phi) is 7.56. The van der Waals surface area contributed by atoms with Crippen molar-refractivity contribution in [3.63, 3.8) is 0 Å². The Hall–Kier alpha value is -2.87. The molecule has 0 aliphatic carbocycles. The SMILES string of the molecule is COCCN(CC(=O)N1CCn2cccc2C1c1cccc(F)c1)C(=O)c1cc(Cl)cc(Cl)c1. The molecular weight excluding hydrogens is 480 g/mol. The van der Waals surface area contributed by atoms with Crippen LogP contribution in [0.3, 0.4) is 0 Å². The minimum absolute atomic E-state index is 0.168. The maximum absolute atomic E-state index is 14.1. The van der Waals surface area contributed by atoms with Crippen LogP contribution in [0.4, 0.5) is 4.39 Å². The highest BCUT2D eigenvalue weighted by atomic mass is 35.5. The Bertz CT molecular complexity index is 1180. The molecule has 1 aromatic heterocycles. The Balaban J connectivity index is 1.62. The predicted molar refractivity (Wildman–Crippen MR) is 129 cm³/mol. The summed E-state index contributed by atoms with van der Waals surface area (Å²) in [5.74, 6) is -1.000. The van der Waals surface area contributed by atoms with Crippen LogP contribution in [-0.4, -0.2) is 59.5 Å². The molecule has 1 atom stereocenters. The Morgan fingerprint density at radius 1 is 1.09 bits per heavy atom. The third-order valence-electron chi connectivity index (χ3n) is 5.81. The van der Waals surface area contributed by atoms with Gasteiger partial charge in [-0.3, -0.25) is 9.59 Å². The molecule has 178 valence electrons. The Morgan fingerprint density at radius 3 is 2.56 bits per heavy atom. The van der Waals surface area contributed by atoms with Crippen LogP contribution in [0, 0.1) is 5.82 Å². The van der Waals surface area contributed by atoms with Crippen molar-refractivity contribution in [3.8, 4) is 0 Å². The topological polar surface area (TPSA) is 54.8 Å². The van der Waals surface area contributed by atoms with Crippen molar-refractivity contribution >= 4 is 35.0 Å². The largest absolute Gasteiger partial charge is 0.383 e. The van der Waals surface area contributed by atoms with Crippen molar-refractivity contribution in [3.05, 3.63) is 93.5 Å². The van der Waals surface area contributed by atoms with Crippen LogP contribution in [0.1, 0.15) is 27.7 Å². The van der Waals surface area contributed by atoms with E-state index in [4.69, 9.17) is 27.9 Å². The minimum atomic E-state index is -0.466. The summed E-state index contributed by atoms with van der Waals surface area (Å²) in [4.78, 5) is 30.0. The quantitative estimate of drug-likeness (QED) is 0.471. The third-order valence-corrected chi connectivity index (χ3v) is 6.25. The molecule has 0 N–H and O–H groups in total. The van der Waals surface area contributed by atoms with Crippen LogP contribution < -0.4 is 0 Å². The molecular formula is C25H24Cl2FN3O3. The number of amides is 2. The molecule has 0 bridgehead atoms. The van der Waals surface area contributed by atoms with Gasteiger partial charge in [-0.25, -0.2) is 4.39 Å². The number of rotatable bonds is 7. The first-order valence-corrected chi connectivity index (χ1v) is 11.6. The monoisotopic (exact) mass is 503 g/mol. The Morgan fingerprint density at radius 2 is 1.85 bits per heavy atom. The van der Waals surface area contributed by atoms with E-state index in [1.165, 1.54) is 42.3 Å². The molecule has 1 aliphatic heterocycles. The average Bonchev–Trinajstić information content (AvgIpc) is 3.28. The lowest BCUT2D eigenvalue weighted by molar-refractivity contribution is -0.134. The summed E-state index contributed by atoms with van der Waals surface area (Å²) in [5, 5.41) is 0.661. The second kappa shape index (κ2) is 10.6. The number of carbonyl (C=O) groups excluding carboxylic acids is 2. The van der Waals surface area contributed by atoms with Crippen LogP contribution >= 0.6 is 23.2 Å². The number of aromatic nitrogens is 1. The zero-order valence-electron chi connectivity index (χ0n) is 18.6. The summed E-state index contributed by atoms with van der Waals surface area (Å²) in [6, 6.07) is 14.2. The van der Waals surface area contributed by atoms with Crippen molar-refractivity contribution < 1.29 is 18.7 Å². The van der Waals surface area contributed by atoms with Gasteiger partial charge in [-0.2, -0.15) is 0 Å². The lowest BCUT2D eigenvalue weighted by atomic mass is 9.99. The molecule has 0 fully saturated rings. The summed E-state index contributed by atoms with van der Waals surface area (Å²) < 4.78 is 21.3. The van der Waals surface area contributed by atoms with E-state index in [1.807, 2.05) is 18.3 Å². The van der Waals surface area contributed by atoms with E-state index in [1.54, 1.807) is 17.0 Å². The van der Waals surface area contributed by atoms with Gasteiger partial charge in [-0.1, -0.05) is 35.3 Å². The fourth-order valence-electron chi connectivity index (χ4n) is 4.25. The van der Waals surface area contributed by atoms with Crippen molar-refractivity contribution in [1.82, 2.24) is 14.4 Å². The summed E-state index contributed by atoms with van der Waals surface area (Å²) in [6.07, 6.45) is 1.95. The molecule has 34 heavy (non-hydrogen) atoms. The van der Waals surface area contributed by atoms with Crippen molar-refractivity contribution in [1.29, 1.82) is 0 Å². The molecule has 0 radical (unpaired) electrons. The minimum Gasteiger partial charge on any atom is -0.383 e. The number of fused-ring (bicyclic) bond motifs is 1. The van der Waals surface area contributed by atoms with Gasteiger partial charge in [0.2, 0.25) is 5.91 Å². The fourth-order valence-corrected chi connectivity index (χ4v) is 4.77. The lowest BCUT2D eigenvalue weighted by Crippen LogP contribution is -2.48. The maximum Gasteiger partial charge on any atom is 0.254 e. The standard InChI is InChI=1S/C25H24Cl2FN3O3/c1-34-11-10-30(25(33)18-12-19(26)15-20(27)13-18)16-23(32)31-9-8-29-7-3-6-22(29)24(31)17-4-2-5-21(28)14-17/h2-7,12-15,24H,8-11,16H2,1H3. The smallest absolute Gasteiger partial charge is 0.254 e. The van der Waals surface area contributed by atoms with Gasteiger partial charge < -0.3 is 19.1 Å². The first-order valence-electron chi connectivity index (χ1n) is 10.8. The summed E-state index contributed by atoms with van der Waals surface area (Å²) in [7, 11) is 1.53. The molecule has 0 saturated carbocycles. The summed E-state index contributed by atoms with van der Waals surface area (Å²) in [5.41, 5.74) is 1.85. The molecule has 2 heterocycles. The lowest BCUT2D eigenvalue weighted by Gasteiger charge is -2.38. The van der Waals surface area contributed by atoms with Gasteiger partial charge in [0.05, 0.1) is 12.6 Å². The summed E-state index contributed by atoms with van der Waals surface area (Å²) in [6.45, 7) is 1.33. The first kappa shape index (κ1) is 24.3. The highest BCUT2D eigenvalue weighted by Gasteiger charge is 2.33. The second-order valence-electron chi connectivity index (χ2n) is 8.05. The number of carbonyl (C=O) groups is 2. The normalized spacial score (nSPS) is 15.2. The molecule has 9 heteroatoms. The van der Waals surface area contributed by atoms with Crippen molar-refractivity contribution in [2.75, 3.05) is 33.4 Å². The number of hydrogen-bond acceptors (Lipinski definition) is 3. The average molecular weight is 504 g/mol. The van der Waals surface area contributed by atoms with Gasteiger partial charge in [-0.05, 0) is 48.0 Å². The summed E-state index contributed by atoms with van der Waals surface area (Å²) >= 11 is 12.2. The van der Waals surface area contributed by atoms with Gasteiger partial charge >= 0.3 is 0 Å². The molecule has 0 spiro atoms. The fraction of sp³-hybridized carbons (Fsp3) is 0.280. The van der Waals surface area contributed by atoms with Crippen LogP contribution in [0.2, 0.25) is 10.0 Å². The van der Waals surface area contributed by atoms with Gasteiger partial charge in [0.15, 0.2) is 0 Å². The van der Waals surface area contributed by atoms with E-state index in [-0.39, 0.29) is 42.9 Å². The number of methoxy groups -OCH3 is 1. The highest BCUT2D eigenvalue weighted by molar-refractivity contribution is 6.35. The van der Waals surface area contributed by atoms with E-state index in [0.29, 0.717) is 28.7 Å². The van der Waals surface area contributed by atoms with Gasteiger partial charge in [-0.15, -0.1) is 0 Å². The van der Waals surface area contributed by atoms with Gasteiger partial charge in [0.25, 0.3) is 5.91 Å². The number of halogens is 3. The molecule has 2 aromatic carbocycles. The second-order valence-corrected chi connectivity index (χ2v) is 8.92. The van der Waals surface area contributed by atoms with Crippen LogP contribution in [0.25, 0.3) is 0 Å². The van der Waals surface area contributed by atoms with Crippen LogP contribution in [0.15, 0.2) is 60.8 Å². The van der Waals surface area contributed by atoms with Gasteiger partial charge in [0, 0.05) is 54.2 Å². The van der Waals surface area contributed by atoms with E-state index in [2.05, 4.69) is 4.57 Å². The Labute approximate surface area is 207 Å². The van der Waals surface area contributed by atoms with Crippen molar-refractivity contribution in [2.45, 2.75) is 12.6 Å². The number of nitrogens with zero attached hydrogens (tertiary/aromatic N) is 3. The van der Waals surface area contributed by atoms with E-state index < -0.39 is 6.04 Å². The van der Waals surface area contributed by atoms with Crippen LogP contribution in [0.5, 0.6) is 0 Å². The van der Waals surface area contributed by atoms with E-state index in [9.17, 15) is 14.0 Å². The predicted octanol–water partition coefficient (Wildman–Crippen LogP) is 4.65. The zero-order chi connectivity index (χ0) is 24.2. The first-order chi connectivity index (χ1) is 16.4. The molecule has 1 unspecified atom stereocenters. The van der Waals surface area contributed by atoms with E-state index >= 15 is 0 Å². The molecule has 1 aliphatic rings. The maximum atomic E-state index is 14.1. The number of benzene rings is 2. The molecule has 2 amide bonds. The van der Waals surface area contributed by atoms with Crippen molar-refractivity contribution in [2.24, 2.45) is 0 Å². The molecule has 3 aromatic rings. The number of ether oxygens (including phenoxy) is 1. The van der Waals surface area contributed by atoms with Gasteiger partial charge in [0.1, 0.15) is 12.4 Å². The zero-order valence-corrected chi connectivity index (χ0v) is 20.1. The highest BCUT2D eigenvalue weighted by Crippen LogP contribution is 2.33. The molecule has 6 nitrogen and oxygen atoms in total. The number of hydrogen-bond donors (Lipinski definition) is 0. The third kappa shape index (κ3) is 5.27. The molecule has 0 saturated heterocycles. The molecule has 4 rings (SSSR count). The van der Waals surface area contributed by atoms with Crippen LogP contribution in [-0.2, 0) is 16.1 Å².